The van der Waals surface area contributed by atoms with Gasteiger partial charge in [-0.2, -0.15) is 0 Å². The van der Waals surface area contributed by atoms with E-state index in [0.717, 1.165) is 25.5 Å². The quantitative estimate of drug-likeness (QED) is 0.458. The molecule has 3 amide bonds. The number of carbonyl (C=O) groups excluding carboxylic acids is 2. The summed E-state index contributed by atoms with van der Waals surface area (Å²) >= 11 is 0. The van der Waals surface area contributed by atoms with Crippen LogP contribution in [-0.2, 0) is 14.8 Å². The summed E-state index contributed by atoms with van der Waals surface area (Å²) in [6.45, 7) is 10.2. The molecule has 12 heteroatoms. The zero-order valence-corrected chi connectivity index (χ0v) is 25.1. The molecule has 0 radical (unpaired) electrons. The average Bonchev–Trinajstić information content (AvgIpc) is 2.84. The molecular formula is C27H46N4O7S. The van der Waals surface area contributed by atoms with Crippen molar-refractivity contribution in [1.29, 1.82) is 0 Å². The van der Waals surface area contributed by atoms with E-state index < -0.39 is 22.0 Å². The van der Waals surface area contributed by atoms with Gasteiger partial charge in [0.15, 0.2) is 0 Å². The number of ether oxygens (including phenoxy) is 2. The Morgan fingerprint density at radius 1 is 1.23 bits per heavy atom. The molecule has 0 fully saturated rings. The van der Waals surface area contributed by atoms with Gasteiger partial charge in [-0.1, -0.05) is 6.92 Å². The number of sulfonamides is 1. The van der Waals surface area contributed by atoms with E-state index in [1.165, 1.54) is 6.07 Å². The van der Waals surface area contributed by atoms with Crippen LogP contribution in [0, 0.1) is 5.92 Å². The van der Waals surface area contributed by atoms with Gasteiger partial charge in [0.1, 0.15) is 5.75 Å². The summed E-state index contributed by atoms with van der Waals surface area (Å²) in [5.74, 6) is -0.241. The van der Waals surface area contributed by atoms with Crippen molar-refractivity contribution in [1.82, 2.24) is 15.1 Å². The molecule has 3 N–H and O–H groups in total. The number of likely N-dealkylation sites (N-methyl/N-ethyl adjacent to an activating group) is 1. The molecule has 39 heavy (non-hydrogen) atoms. The van der Waals surface area contributed by atoms with Gasteiger partial charge >= 0.3 is 6.03 Å². The lowest BCUT2D eigenvalue weighted by molar-refractivity contribution is -0.0122. The smallest absolute Gasteiger partial charge is 0.317 e. The fourth-order valence-corrected chi connectivity index (χ4v) is 4.93. The van der Waals surface area contributed by atoms with Gasteiger partial charge < -0.3 is 29.7 Å². The highest BCUT2D eigenvalue weighted by atomic mass is 32.2. The van der Waals surface area contributed by atoms with Crippen LogP contribution in [0.1, 0.15) is 64.2 Å². The molecule has 1 aliphatic rings. The van der Waals surface area contributed by atoms with Crippen LogP contribution in [0.25, 0.3) is 0 Å². The molecule has 0 aliphatic carbocycles. The maximum absolute atomic E-state index is 14.0. The van der Waals surface area contributed by atoms with Crippen molar-refractivity contribution in [2.24, 2.45) is 5.92 Å². The van der Waals surface area contributed by atoms with E-state index in [-0.39, 0.29) is 54.6 Å². The van der Waals surface area contributed by atoms with E-state index in [0.29, 0.717) is 18.9 Å². The summed E-state index contributed by atoms with van der Waals surface area (Å²) in [6.07, 6.45) is 2.87. The molecule has 0 saturated heterocycles. The standard InChI is InChI=1S/C27H46N4O7S/c1-18(2)28-27(34)30(6)16-25-19(3)15-31(20(4)17-32)26(33)23-14-22(29-39(7,35)36)11-12-24(23)38-21(5)10-8-9-13-37-25/h11-12,14,18-21,25,29,32H,8-10,13,15-17H2,1-7H3,(H,28,34)/t19-,20+,21-,25+/m0/s1. The molecule has 2 rings (SSSR count). The summed E-state index contributed by atoms with van der Waals surface area (Å²) in [5, 5.41) is 12.9. The number of nitrogens with zero attached hydrogens (tertiary/aromatic N) is 2. The number of anilines is 1. The van der Waals surface area contributed by atoms with E-state index in [1.807, 2.05) is 27.7 Å². The number of hydrogen-bond acceptors (Lipinski definition) is 7. The number of aliphatic hydroxyl groups is 1. The van der Waals surface area contributed by atoms with Gasteiger partial charge in [0.25, 0.3) is 5.91 Å². The van der Waals surface area contributed by atoms with Crippen LogP contribution in [0.5, 0.6) is 5.75 Å². The topological polar surface area (TPSA) is 138 Å². The Morgan fingerprint density at radius 2 is 1.92 bits per heavy atom. The summed E-state index contributed by atoms with van der Waals surface area (Å²) in [7, 11) is -1.86. The molecule has 0 unspecified atom stereocenters. The first-order valence-corrected chi connectivity index (χ1v) is 15.4. The van der Waals surface area contributed by atoms with Crippen LogP contribution >= 0.6 is 0 Å². The summed E-state index contributed by atoms with van der Waals surface area (Å²) < 4.78 is 38.5. The number of benzene rings is 1. The minimum Gasteiger partial charge on any atom is -0.490 e. The largest absolute Gasteiger partial charge is 0.490 e. The van der Waals surface area contributed by atoms with Crippen LogP contribution in [0.15, 0.2) is 18.2 Å². The van der Waals surface area contributed by atoms with E-state index in [1.54, 1.807) is 35.9 Å². The normalized spacial score (nSPS) is 22.3. The SMILES string of the molecule is CC(C)NC(=O)N(C)C[C@H]1OCCCC[C@H](C)Oc2ccc(NS(C)(=O)=O)cc2C(=O)N([C@H](C)CO)C[C@@H]1C. The molecule has 0 aromatic heterocycles. The van der Waals surface area contributed by atoms with Gasteiger partial charge in [-0.05, 0) is 65.2 Å². The molecule has 1 aliphatic heterocycles. The van der Waals surface area contributed by atoms with Crippen molar-refractivity contribution < 1.29 is 32.6 Å². The van der Waals surface area contributed by atoms with Crippen LogP contribution in [0.4, 0.5) is 10.5 Å². The fraction of sp³-hybridized carbons (Fsp3) is 0.704. The molecule has 4 atom stereocenters. The number of carbonyl (C=O) groups is 2. The highest BCUT2D eigenvalue weighted by Crippen LogP contribution is 2.28. The molecule has 0 spiro atoms. The Morgan fingerprint density at radius 3 is 2.54 bits per heavy atom. The number of fused-ring (bicyclic) bond motifs is 1. The third-order valence-corrected chi connectivity index (χ3v) is 7.17. The van der Waals surface area contributed by atoms with Gasteiger partial charge in [-0.15, -0.1) is 0 Å². The third-order valence-electron chi connectivity index (χ3n) is 6.57. The summed E-state index contributed by atoms with van der Waals surface area (Å²) in [5.41, 5.74) is 0.441. The van der Waals surface area contributed by atoms with Gasteiger partial charge in [-0.25, -0.2) is 13.2 Å². The Labute approximate surface area is 233 Å². The third kappa shape index (κ3) is 10.5. The number of aliphatic hydroxyl groups excluding tert-OH is 1. The van der Waals surface area contributed by atoms with Crippen molar-refractivity contribution in [3.05, 3.63) is 23.8 Å². The average molecular weight is 571 g/mol. The lowest BCUT2D eigenvalue weighted by Crippen LogP contribution is -2.49. The van der Waals surface area contributed by atoms with Crippen molar-refractivity contribution in [2.45, 2.75) is 78.2 Å². The first kappa shape index (κ1) is 32.6. The van der Waals surface area contributed by atoms with Crippen LogP contribution in [-0.4, -0.2) is 99.2 Å². The van der Waals surface area contributed by atoms with Crippen molar-refractivity contribution >= 4 is 27.6 Å². The fourth-order valence-electron chi connectivity index (χ4n) is 4.37. The first-order chi connectivity index (χ1) is 18.2. The predicted molar refractivity (Wildman–Crippen MR) is 152 cm³/mol. The number of amides is 3. The zero-order chi connectivity index (χ0) is 29.3. The van der Waals surface area contributed by atoms with Crippen LogP contribution in [0.3, 0.4) is 0 Å². The Hall–Kier alpha value is -2.57. The van der Waals surface area contributed by atoms with Gasteiger partial charge in [0, 0.05) is 44.4 Å². The van der Waals surface area contributed by atoms with Gasteiger partial charge in [-0.3, -0.25) is 9.52 Å². The second-order valence-electron chi connectivity index (χ2n) is 10.9. The highest BCUT2D eigenvalue weighted by Gasteiger charge is 2.31. The molecule has 1 aromatic carbocycles. The van der Waals surface area contributed by atoms with E-state index in [4.69, 9.17) is 9.47 Å². The number of hydrogen-bond donors (Lipinski definition) is 3. The maximum atomic E-state index is 14.0. The van der Waals surface area contributed by atoms with Crippen molar-refractivity contribution in [3.8, 4) is 5.75 Å². The molecule has 1 heterocycles. The van der Waals surface area contributed by atoms with Crippen molar-refractivity contribution in [3.63, 3.8) is 0 Å². The van der Waals surface area contributed by atoms with Gasteiger partial charge in [0.05, 0.1) is 36.7 Å². The van der Waals surface area contributed by atoms with Crippen LogP contribution < -0.4 is 14.8 Å². The lowest BCUT2D eigenvalue weighted by Gasteiger charge is -2.36. The summed E-state index contributed by atoms with van der Waals surface area (Å²) in [6, 6.07) is 3.88. The molecule has 0 bridgehead atoms. The number of urea groups is 1. The zero-order valence-electron chi connectivity index (χ0n) is 24.3. The number of rotatable bonds is 7. The lowest BCUT2D eigenvalue weighted by atomic mass is 10.0. The first-order valence-electron chi connectivity index (χ1n) is 13.5. The monoisotopic (exact) mass is 570 g/mol. The maximum Gasteiger partial charge on any atom is 0.317 e. The predicted octanol–water partition coefficient (Wildman–Crippen LogP) is 2.90. The molecule has 0 saturated carbocycles. The highest BCUT2D eigenvalue weighted by molar-refractivity contribution is 7.92. The second-order valence-corrected chi connectivity index (χ2v) is 12.6. The van der Waals surface area contributed by atoms with E-state index >= 15 is 0 Å². The number of nitrogens with one attached hydrogen (secondary N) is 2. The second kappa shape index (κ2) is 14.7. The Balaban J connectivity index is 2.46. The van der Waals surface area contributed by atoms with Crippen molar-refractivity contribution in [2.75, 3.05) is 44.3 Å². The molecular weight excluding hydrogens is 524 g/mol. The van der Waals surface area contributed by atoms with Gasteiger partial charge in [0.2, 0.25) is 10.0 Å². The van der Waals surface area contributed by atoms with E-state index in [2.05, 4.69) is 10.0 Å². The van der Waals surface area contributed by atoms with E-state index in [9.17, 15) is 23.1 Å². The molecule has 1 aromatic rings. The molecule has 222 valence electrons. The Kier molecular flexibility index (Phi) is 12.3. The minimum absolute atomic E-state index is 0.00726. The molecule has 11 nitrogen and oxygen atoms in total. The van der Waals surface area contributed by atoms with Crippen LogP contribution in [0.2, 0.25) is 0 Å². The summed E-state index contributed by atoms with van der Waals surface area (Å²) in [4.78, 5) is 29.7. The Bertz CT molecular complexity index is 1070. The minimum atomic E-state index is -3.57.